The van der Waals surface area contributed by atoms with Gasteiger partial charge < -0.3 is 45.4 Å². The third kappa shape index (κ3) is 7.98. The van der Waals surface area contributed by atoms with Crippen molar-refractivity contribution in [2.24, 2.45) is 21.9 Å². The lowest BCUT2D eigenvalue weighted by atomic mass is 9.66. The van der Waals surface area contributed by atoms with Crippen molar-refractivity contribution in [1.82, 2.24) is 14.8 Å². The van der Waals surface area contributed by atoms with Gasteiger partial charge in [-0.3, -0.25) is 14.7 Å². The first kappa shape index (κ1) is 34.8. The average Bonchev–Trinajstić information content (AvgIpc) is 3.42. The molecule has 3 aliphatic heterocycles. The number of aliphatic imine (C=N–C) groups is 1. The summed E-state index contributed by atoms with van der Waals surface area (Å²) in [6.45, 7) is 6.59. The lowest BCUT2D eigenvalue weighted by molar-refractivity contribution is -0.149. The summed E-state index contributed by atoms with van der Waals surface area (Å²) in [5.74, 6) is -0.862. The number of carbonyl (C=O) groups excluding carboxylic acids is 2. The smallest absolute Gasteiger partial charge is 0.328 e. The van der Waals surface area contributed by atoms with Crippen LogP contribution in [0.3, 0.4) is 0 Å². The zero-order chi connectivity index (χ0) is 33.2. The predicted octanol–water partition coefficient (Wildman–Crippen LogP) is 1.71. The monoisotopic (exact) mass is 654 g/mol. The molecule has 0 radical (unpaired) electrons. The molecule has 0 spiro atoms. The van der Waals surface area contributed by atoms with Crippen LogP contribution in [0.1, 0.15) is 56.3 Å². The third-order valence-corrected chi connectivity index (χ3v) is 9.47. The Kier molecular flexibility index (Phi) is 12.3. The quantitative estimate of drug-likeness (QED) is 0.0755. The molecule has 0 bridgehead atoms. The van der Waals surface area contributed by atoms with Crippen LogP contribution in [0.2, 0.25) is 0 Å². The fourth-order valence-corrected chi connectivity index (χ4v) is 7.34. The Bertz CT molecular complexity index is 1440. The van der Waals surface area contributed by atoms with Gasteiger partial charge in [-0.25, -0.2) is 4.79 Å². The Morgan fingerprint density at radius 3 is 2.51 bits per heavy atom. The summed E-state index contributed by atoms with van der Waals surface area (Å²) in [7, 11) is 0. The second-order valence-corrected chi connectivity index (χ2v) is 12.3. The Hall–Kier alpha value is -3.49. The number of esters is 1. The van der Waals surface area contributed by atoms with E-state index in [0.717, 1.165) is 44.3 Å². The molecule has 47 heavy (non-hydrogen) atoms. The second kappa shape index (κ2) is 16.6. The molecule has 1 amide bonds. The number of nitrogens with zero attached hydrogens (tertiary/aromatic N) is 3. The minimum absolute atomic E-state index is 0.0224. The fourth-order valence-electron chi connectivity index (χ4n) is 7.34. The number of nitrogens with one attached hydrogen (secondary N) is 1. The predicted molar refractivity (Wildman–Crippen MR) is 179 cm³/mol. The average molecular weight is 655 g/mol. The lowest BCUT2D eigenvalue weighted by Gasteiger charge is -2.53. The van der Waals surface area contributed by atoms with E-state index in [1.54, 1.807) is 0 Å². The number of piperidine rings is 1. The van der Waals surface area contributed by atoms with Gasteiger partial charge in [0.1, 0.15) is 18.3 Å². The topological polar surface area (TPSA) is 176 Å². The molecular weight excluding hydrogens is 604 g/mol. The number of rotatable bonds is 19. The molecule has 0 saturated carbocycles. The van der Waals surface area contributed by atoms with Crippen molar-refractivity contribution in [3.8, 4) is 0 Å². The van der Waals surface area contributed by atoms with E-state index >= 15 is 0 Å². The van der Waals surface area contributed by atoms with Crippen LogP contribution in [0, 0.1) is 5.41 Å². The molecule has 13 nitrogen and oxygen atoms in total. The molecule has 1 aromatic heterocycles. The van der Waals surface area contributed by atoms with Gasteiger partial charge in [0.05, 0.1) is 57.8 Å². The van der Waals surface area contributed by atoms with E-state index in [1.807, 2.05) is 6.07 Å². The lowest BCUT2D eigenvalue weighted by Crippen LogP contribution is -2.52. The highest BCUT2D eigenvalue weighted by Gasteiger charge is 2.51. The van der Waals surface area contributed by atoms with Crippen LogP contribution in [0.5, 0.6) is 0 Å². The maximum Gasteiger partial charge on any atom is 0.328 e. The van der Waals surface area contributed by atoms with Crippen molar-refractivity contribution in [2.45, 2.75) is 57.5 Å². The van der Waals surface area contributed by atoms with Crippen LogP contribution < -0.4 is 16.8 Å². The second-order valence-electron chi connectivity index (χ2n) is 12.3. The van der Waals surface area contributed by atoms with E-state index in [2.05, 4.69) is 51.0 Å². The van der Waals surface area contributed by atoms with Crippen molar-refractivity contribution in [3.63, 3.8) is 0 Å². The largest absolute Gasteiger partial charge is 0.462 e. The van der Waals surface area contributed by atoms with Gasteiger partial charge in [-0.05, 0) is 62.8 Å². The van der Waals surface area contributed by atoms with Crippen LogP contribution in [-0.4, -0.2) is 111 Å². The van der Waals surface area contributed by atoms with E-state index in [-0.39, 0.29) is 49.8 Å². The maximum atomic E-state index is 14.3. The van der Waals surface area contributed by atoms with Crippen LogP contribution in [0.4, 0.5) is 0 Å². The molecule has 3 atom stereocenters. The number of amides is 1. The van der Waals surface area contributed by atoms with Crippen molar-refractivity contribution < 1.29 is 33.6 Å². The summed E-state index contributed by atoms with van der Waals surface area (Å²) in [4.78, 5) is 34.3. The number of hydrogen-bond acceptors (Lipinski definition) is 9. The van der Waals surface area contributed by atoms with Crippen molar-refractivity contribution in [1.29, 1.82) is 0 Å². The number of nitrogens with two attached hydrogens (primary N) is 2. The molecule has 1 aromatic carbocycles. The molecule has 2 aromatic rings. The number of benzene rings is 1. The third-order valence-electron chi connectivity index (χ3n) is 9.47. The summed E-state index contributed by atoms with van der Waals surface area (Å²) in [5, 5.41) is 12.9. The van der Waals surface area contributed by atoms with Gasteiger partial charge in [0.2, 0.25) is 0 Å². The zero-order valence-electron chi connectivity index (χ0n) is 27.5. The Morgan fingerprint density at radius 2 is 1.79 bits per heavy atom. The highest BCUT2D eigenvalue weighted by atomic mass is 16.6. The first-order chi connectivity index (χ1) is 22.9. The molecule has 0 aliphatic carbocycles. The number of fused-ring (bicyclic) bond motifs is 3. The molecule has 5 rings (SSSR count). The Balaban J connectivity index is 1.28. The number of ether oxygens (including phenoxy) is 4. The number of guanidine groups is 1. The molecule has 1 fully saturated rings. The molecule has 258 valence electrons. The van der Waals surface area contributed by atoms with Crippen LogP contribution in [0.25, 0.3) is 16.6 Å². The van der Waals surface area contributed by atoms with E-state index < -0.39 is 12.0 Å². The zero-order valence-corrected chi connectivity index (χ0v) is 27.5. The fraction of sp³-hybridized carbons (Fsp3) is 0.618. The Morgan fingerprint density at radius 1 is 1.06 bits per heavy atom. The van der Waals surface area contributed by atoms with Gasteiger partial charge >= 0.3 is 5.97 Å². The van der Waals surface area contributed by atoms with E-state index in [0.29, 0.717) is 51.5 Å². The minimum Gasteiger partial charge on any atom is -0.462 e. The highest BCUT2D eigenvalue weighted by Crippen LogP contribution is 2.57. The minimum atomic E-state index is -0.893. The number of para-hydroxylation sites is 1. The Labute approximate surface area is 276 Å². The molecule has 3 aliphatic rings. The van der Waals surface area contributed by atoms with Crippen molar-refractivity contribution in [3.05, 3.63) is 41.6 Å². The van der Waals surface area contributed by atoms with Gasteiger partial charge in [0.25, 0.3) is 5.91 Å². The first-order valence-electron chi connectivity index (χ1n) is 16.9. The van der Waals surface area contributed by atoms with Crippen LogP contribution >= 0.6 is 0 Å². The molecule has 4 heterocycles. The van der Waals surface area contributed by atoms with Crippen molar-refractivity contribution >= 4 is 34.4 Å². The summed E-state index contributed by atoms with van der Waals surface area (Å²) in [6, 6.07) is 7.64. The number of aliphatic hydroxyl groups is 1. The van der Waals surface area contributed by atoms with Gasteiger partial charge in [-0.2, -0.15) is 0 Å². The number of hydrogen-bond donors (Lipinski definition) is 4. The van der Waals surface area contributed by atoms with Gasteiger partial charge in [0.15, 0.2) is 5.96 Å². The number of carbonyl (C=O) groups is 2. The van der Waals surface area contributed by atoms with Gasteiger partial charge in [0, 0.05) is 29.6 Å². The normalized spacial score (nSPS) is 20.7. The summed E-state index contributed by atoms with van der Waals surface area (Å²) >= 11 is 0. The van der Waals surface area contributed by atoms with Gasteiger partial charge in [-0.15, -0.1) is 0 Å². The molecule has 13 heteroatoms. The summed E-state index contributed by atoms with van der Waals surface area (Å²) in [5.41, 5.74) is 15.0. The summed E-state index contributed by atoms with van der Waals surface area (Å²) < 4.78 is 23.8. The van der Waals surface area contributed by atoms with E-state index in [4.69, 9.17) is 35.5 Å². The van der Waals surface area contributed by atoms with E-state index in [9.17, 15) is 9.59 Å². The SMILES string of the molecule is CC[C@@]12C=C(C(=O)N[C@@H](CCCN=C(N)N)C(=O)OCCOCCOCCOCCO)n3c4c(c5ccccc53)CCN(CCC1)[C@H]42. The van der Waals surface area contributed by atoms with E-state index in [1.165, 1.54) is 16.6 Å². The van der Waals surface area contributed by atoms with Crippen molar-refractivity contribution in [2.75, 3.05) is 72.5 Å². The standard InChI is InChI=1S/C34H50N6O7/c1-2-34-11-6-13-39-14-10-25-24-7-3-4-9-27(24)40(29(25)30(34)39)28(23-34)31(42)38-26(8-5-12-37-33(35)36)32(43)47-22-21-46-20-19-45-18-17-44-16-15-41/h3-4,7,9,23,26,30,41H,2,5-6,8,10-22H2,1H3,(H,38,42)(H4,35,36,37)/t26-,30+,34-/m0/s1. The highest BCUT2D eigenvalue weighted by molar-refractivity contribution is 6.17. The molecule has 6 N–H and O–H groups in total. The van der Waals surface area contributed by atoms with Gasteiger partial charge in [-0.1, -0.05) is 25.1 Å². The molecule has 1 saturated heterocycles. The van der Waals surface area contributed by atoms with Crippen LogP contribution in [0.15, 0.2) is 35.3 Å². The first-order valence-corrected chi connectivity index (χ1v) is 16.9. The molecule has 0 unspecified atom stereocenters. The molecular formula is C34H50N6O7. The number of aliphatic hydroxyl groups excluding tert-OH is 1. The number of aromatic nitrogens is 1. The summed E-state index contributed by atoms with van der Waals surface area (Å²) in [6.07, 6.45) is 6.92. The van der Waals surface area contributed by atoms with Crippen LogP contribution in [-0.2, 0) is 35.0 Å². The maximum absolute atomic E-state index is 14.3.